The van der Waals surface area contributed by atoms with Gasteiger partial charge in [0.25, 0.3) is 5.91 Å². The molecule has 0 saturated carbocycles. The number of anilines is 2. The largest absolute Gasteiger partial charge is 0.491 e. The van der Waals surface area contributed by atoms with E-state index in [9.17, 15) is 34.3 Å². The van der Waals surface area contributed by atoms with Gasteiger partial charge in [-0.3, -0.25) is 14.4 Å². The Bertz CT molecular complexity index is 1680. The molecule has 0 spiro atoms. The van der Waals surface area contributed by atoms with Crippen LogP contribution in [0.4, 0.5) is 21.0 Å². The van der Waals surface area contributed by atoms with Gasteiger partial charge in [-0.25, -0.2) is 14.5 Å². The predicted octanol–water partition coefficient (Wildman–Crippen LogP) is 5.89. The molecule has 1 aliphatic rings. The van der Waals surface area contributed by atoms with Crippen molar-refractivity contribution in [3.63, 3.8) is 0 Å². The molecule has 53 heavy (non-hydrogen) atoms. The second-order valence-electron chi connectivity index (χ2n) is 15.0. The van der Waals surface area contributed by atoms with Gasteiger partial charge in [-0.2, -0.15) is 5.26 Å². The van der Waals surface area contributed by atoms with Gasteiger partial charge in [0, 0.05) is 25.8 Å². The second-order valence-corrected chi connectivity index (χ2v) is 15.0. The lowest BCUT2D eigenvalue weighted by Gasteiger charge is -2.36. The summed E-state index contributed by atoms with van der Waals surface area (Å²) in [6.45, 7) is 13.6. The normalized spacial score (nSPS) is 15.5. The highest BCUT2D eigenvalue weighted by atomic mass is 16.6. The highest BCUT2D eigenvalue weighted by Gasteiger charge is 2.42. The highest BCUT2D eigenvalue weighted by molar-refractivity contribution is 6.04. The minimum Gasteiger partial charge on any atom is -0.491 e. The fourth-order valence-electron chi connectivity index (χ4n) is 5.12. The number of methoxy groups -OCH3 is 1. The Hall–Kier alpha value is -5.20. The van der Waals surface area contributed by atoms with Gasteiger partial charge in [-0.15, -0.1) is 0 Å². The summed E-state index contributed by atoms with van der Waals surface area (Å²) < 4.78 is 28.1. The molecule has 1 aliphatic heterocycles. The number of ether oxygens (including phenoxy) is 5. The Morgan fingerprint density at radius 2 is 1.64 bits per heavy atom. The fraction of sp³-hybridized carbons (Fsp3) is 0.526. The number of para-hydroxylation sites is 2. The third-order valence-corrected chi connectivity index (χ3v) is 7.94. The quantitative estimate of drug-likeness (QED) is 0.248. The van der Waals surface area contributed by atoms with Crippen LogP contribution in [0.1, 0.15) is 79.4 Å². The van der Waals surface area contributed by atoms with Gasteiger partial charge in [0.15, 0.2) is 0 Å². The number of carboxylic acid groups (broad SMARTS) is 1. The number of hydrogen-bond donors (Lipinski definition) is 2. The molecule has 0 aliphatic carbocycles. The Labute approximate surface area is 310 Å². The number of rotatable bonds is 13. The van der Waals surface area contributed by atoms with Crippen LogP contribution in [0.2, 0.25) is 0 Å². The number of amides is 4. The number of nitrogens with one attached hydrogen (secondary N) is 1. The first-order valence-corrected chi connectivity index (χ1v) is 17.1. The van der Waals surface area contributed by atoms with E-state index in [0.717, 1.165) is 0 Å². The average molecular weight is 739 g/mol. The van der Waals surface area contributed by atoms with Gasteiger partial charge < -0.3 is 39.0 Å². The monoisotopic (exact) mass is 738 g/mol. The van der Waals surface area contributed by atoms with Crippen molar-refractivity contribution in [3.05, 3.63) is 53.6 Å². The third kappa shape index (κ3) is 12.5. The van der Waals surface area contributed by atoms with Crippen molar-refractivity contribution in [1.29, 1.82) is 5.26 Å². The Morgan fingerprint density at radius 1 is 1.02 bits per heavy atom. The Kier molecular flexibility index (Phi) is 14.0. The maximum Gasteiger partial charge on any atom is 0.420 e. The first kappa shape index (κ1) is 42.2. The molecule has 1 saturated heterocycles. The molecule has 1 heterocycles. The number of hydrogen-bond acceptors (Lipinski definition) is 11. The summed E-state index contributed by atoms with van der Waals surface area (Å²) in [5.41, 5.74) is -1.59. The number of carbonyl (C=O) groups excluding carboxylic acids is 4. The summed E-state index contributed by atoms with van der Waals surface area (Å²) in [6.07, 6.45) is -3.68. The summed E-state index contributed by atoms with van der Waals surface area (Å²) >= 11 is 0. The number of benzene rings is 2. The molecular formula is C38H50N4O11. The molecule has 4 amide bonds. The van der Waals surface area contributed by atoms with Gasteiger partial charge in [-0.05, 0) is 91.3 Å². The first-order chi connectivity index (χ1) is 24.6. The third-order valence-electron chi connectivity index (χ3n) is 7.94. The number of carboxylic acids is 1. The summed E-state index contributed by atoms with van der Waals surface area (Å²) in [5, 5.41) is 22.3. The van der Waals surface area contributed by atoms with Crippen LogP contribution < -0.4 is 15.0 Å². The highest BCUT2D eigenvalue weighted by Crippen LogP contribution is 2.33. The van der Waals surface area contributed by atoms with Gasteiger partial charge in [-0.1, -0.05) is 12.1 Å². The van der Waals surface area contributed by atoms with E-state index in [2.05, 4.69) is 5.32 Å². The van der Waals surface area contributed by atoms with Crippen molar-refractivity contribution in [2.75, 3.05) is 37.1 Å². The van der Waals surface area contributed by atoms with E-state index in [0.29, 0.717) is 29.4 Å². The maximum atomic E-state index is 13.9. The lowest BCUT2D eigenvalue weighted by Crippen LogP contribution is -2.53. The van der Waals surface area contributed by atoms with Crippen LogP contribution >= 0.6 is 0 Å². The molecule has 0 radical (unpaired) electrons. The van der Waals surface area contributed by atoms with E-state index in [1.54, 1.807) is 72.9 Å². The van der Waals surface area contributed by atoms with Crippen molar-refractivity contribution in [1.82, 2.24) is 4.90 Å². The fourth-order valence-corrected chi connectivity index (χ4v) is 5.12. The Morgan fingerprint density at radius 3 is 2.21 bits per heavy atom. The van der Waals surface area contributed by atoms with Gasteiger partial charge in [0.05, 0.1) is 55.0 Å². The van der Waals surface area contributed by atoms with E-state index in [1.807, 2.05) is 19.9 Å². The molecule has 1 fully saturated rings. The molecular weight excluding hydrogens is 688 g/mol. The van der Waals surface area contributed by atoms with E-state index >= 15 is 0 Å². The smallest absolute Gasteiger partial charge is 0.420 e. The molecule has 288 valence electrons. The van der Waals surface area contributed by atoms with E-state index in [-0.39, 0.29) is 30.0 Å². The lowest BCUT2D eigenvalue weighted by atomic mass is 9.94. The van der Waals surface area contributed by atoms with Gasteiger partial charge >= 0.3 is 18.2 Å². The second kappa shape index (κ2) is 17.5. The van der Waals surface area contributed by atoms with E-state index < -0.39 is 71.8 Å². The van der Waals surface area contributed by atoms with Crippen LogP contribution in [0.25, 0.3) is 0 Å². The maximum absolute atomic E-state index is 13.9. The molecule has 15 heteroatoms. The predicted molar refractivity (Wildman–Crippen MR) is 193 cm³/mol. The van der Waals surface area contributed by atoms with Crippen LogP contribution in [0.15, 0.2) is 42.5 Å². The van der Waals surface area contributed by atoms with E-state index in [1.165, 1.54) is 23.1 Å². The minimum absolute atomic E-state index is 0.0109. The minimum atomic E-state index is -1.47. The first-order valence-electron chi connectivity index (χ1n) is 17.1. The number of nitriles is 1. The summed E-state index contributed by atoms with van der Waals surface area (Å²) in [4.78, 5) is 68.1. The number of nitrogens with zero attached hydrogens (tertiary/aromatic N) is 3. The molecule has 2 aromatic rings. The van der Waals surface area contributed by atoms with Crippen LogP contribution in [-0.4, -0.2) is 89.8 Å². The van der Waals surface area contributed by atoms with Crippen molar-refractivity contribution in [2.45, 2.75) is 97.7 Å². The van der Waals surface area contributed by atoms with Crippen LogP contribution in [0.5, 0.6) is 5.75 Å². The van der Waals surface area contributed by atoms with Crippen LogP contribution in [0.3, 0.4) is 0 Å². The van der Waals surface area contributed by atoms with Crippen molar-refractivity contribution in [3.8, 4) is 11.8 Å². The number of imide groups is 1. The molecule has 2 aromatic carbocycles. The van der Waals surface area contributed by atoms with Gasteiger partial charge in [0.2, 0.25) is 5.91 Å². The molecule has 3 rings (SSSR count). The van der Waals surface area contributed by atoms with Crippen molar-refractivity contribution in [2.24, 2.45) is 5.92 Å². The summed E-state index contributed by atoms with van der Waals surface area (Å²) in [5.74, 6) is -3.86. The van der Waals surface area contributed by atoms with Crippen LogP contribution in [-0.2, 0) is 39.9 Å². The van der Waals surface area contributed by atoms with Crippen molar-refractivity contribution >= 4 is 41.3 Å². The van der Waals surface area contributed by atoms with Crippen molar-refractivity contribution < 1.29 is 52.8 Å². The average Bonchev–Trinajstić information content (AvgIpc) is 3.05. The topological polar surface area (TPSA) is 194 Å². The lowest BCUT2D eigenvalue weighted by molar-refractivity contribution is -0.149. The van der Waals surface area contributed by atoms with Gasteiger partial charge in [0.1, 0.15) is 23.1 Å². The molecule has 2 N–H and O–H groups in total. The zero-order valence-electron chi connectivity index (χ0n) is 31.8. The zero-order valence-corrected chi connectivity index (χ0v) is 31.8. The summed E-state index contributed by atoms with van der Waals surface area (Å²) in [6, 6.07) is 13.0. The van der Waals surface area contributed by atoms with Crippen LogP contribution in [0, 0.1) is 17.2 Å². The number of morpholine rings is 1. The SMILES string of the molecule is COC(C)(C)CCOc1ccccc1N1CCO[C@H]([C@@H](CC(=O)O)C(=O)Nc2ccc(C#N)c(CN(C(=O)OC(C)(C)C)C(=O)OC(C)(C)C)c2)C1=O. The molecule has 0 bridgehead atoms. The number of carbonyl (C=O) groups is 5. The molecule has 0 aromatic heterocycles. The van der Waals surface area contributed by atoms with E-state index in [4.69, 9.17) is 23.7 Å². The summed E-state index contributed by atoms with van der Waals surface area (Å²) in [7, 11) is 1.61. The standard InChI is InChI=1S/C38H50N4O11/c1-36(2,3)52-34(47)42(35(48)53-37(4,5)6)23-25-20-26(15-14-24(25)22-39)40-32(45)27(21-30(43)44)31-33(46)41(17-19-51-31)28-12-10-11-13-29(28)50-18-16-38(7,8)49-9/h10-15,20,27,31H,16-19,21,23H2,1-9H3,(H,40,45)(H,43,44)/t27-,31-/m1/s1. The number of aliphatic carboxylic acids is 1. The Balaban J connectivity index is 1.90. The molecule has 0 unspecified atom stereocenters. The molecule has 2 atom stereocenters. The zero-order chi connectivity index (χ0) is 39.7. The molecule has 15 nitrogen and oxygen atoms in total.